The molecule has 28 heavy (non-hydrogen) atoms. The van der Waals surface area contributed by atoms with Crippen LogP contribution in [0.2, 0.25) is 0 Å². The fourth-order valence-electron chi connectivity index (χ4n) is 2.42. The number of benzene rings is 1. The van der Waals surface area contributed by atoms with Crippen LogP contribution in [0, 0.1) is 19.7 Å². The number of ether oxygens (including phenoxy) is 1. The molecule has 0 radical (unpaired) electrons. The van der Waals surface area contributed by atoms with E-state index in [1.807, 2.05) is 0 Å². The Morgan fingerprint density at radius 3 is 2.29 bits per heavy atom. The van der Waals surface area contributed by atoms with Crippen LogP contribution in [0.5, 0.6) is 0 Å². The summed E-state index contributed by atoms with van der Waals surface area (Å²) in [4.78, 5) is 47.8. The number of hydrogen-bond donors (Lipinski definition) is 2. The standard InChI is InChI=1S/C19H19FN2O5S/c1-9-10(2)28-18(22-12(4)24)17(9)19(26)27-8-16(25)14-6-5-13(7-15(14)20)21-11(3)23/h5-7H,8H2,1-4H3,(H,21,23)(H,22,24). The van der Waals surface area contributed by atoms with Gasteiger partial charge in [0.1, 0.15) is 10.8 Å². The Hall–Kier alpha value is -3.07. The van der Waals surface area contributed by atoms with E-state index < -0.39 is 24.2 Å². The average molecular weight is 406 g/mol. The van der Waals surface area contributed by atoms with Crippen molar-refractivity contribution in [2.45, 2.75) is 27.7 Å². The molecule has 0 unspecified atom stereocenters. The summed E-state index contributed by atoms with van der Waals surface area (Å²) >= 11 is 1.22. The minimum atomic E-state index is -0.839. The van der Waals surface area contributed by atoms with E-state index in [0.717, 1.165) is 10.9 Å². The van der Waals surface area contributed by atoms with Gasteiger partial charge >= 0.3 is 5.97 Å². The number of thiophene rings is 1. The first-order valence-electron chi connectivity index (χ1n) is 8.25. The lowest BCUT2D eigenvalue weighted by Crippen LogP contribution is -2.17. The zero-order chi connectivity index (χ0) is 21.0. The van der Waals surface area contributed by atoms with Crippen LogP contribution in [0.15, 0.2) is 18.2 Å². The Kier molecular flexibility index (Phi) is 6.63. The number of hydrogen-bond acceptors (Lipinski definition) is 6. The van der Waals surface area contributed by atoms with Gasteiger partial charge in [0.25, 0.3) is 0 Å². The van der Waals surface area contributed by atoms with Gasteiger partial charge in [0.15, 0.2) is 6.61 Å². The van der Waals surface area contributed by atoms with Crippen LogP contribution in [0.3, 0.4) is 0 Å². The molecule has 9 heteroatoms. The third-order valence-electron chi connectivity index (χ3n) is 3.80. The van der Waals surface area contributed by atoms with Gasteiger partial charge in [0, 0.05) is 24.4 Å². The van der Waals surface area contributed by atoms with Crippen molar-refractivity contribution in [3.05, 3.63) is 45.6 Å². The highest BCUT2D eigenvalue weighted by atomic mass is 32.1. The number of esters is 1. The van der Waals surface area contributed by atoms with Crippen LogP contribution >= 0.6 is 11.3 Å². The number of amides is 2. The summed E-state index contributed by atoms with van der Waals surface area (Å²) in [7, 11) is 0. The van der Waals surface area contributed by atoms with Crippen LogP contribution in [0.1, 0.15) is 45.0 Å². The molecule has 0 aliphatic heterocycles. The van der Waals surface area contributed by atoms with E-state index in [1.165, 1.54) is 37.3 Å². The first kappa shape index (κ1) is 21.2. The van der Waals surface area contributed by atoms with Gasteiger partial charge in [-0.2, -0.15) is 0 Å². The molecule has 0 spiro atoms. The van der Waals surface area contributed by atoms with Crippen molar-refractivity contribution in [2.24, 2.45) is 0 Å². The van der Waals surface area contributed by atoms with Crippen molar-refractivity contribution < 1.29 is 28.3 Å². The lowest BCUT2D eigenvalue weighted by atomic mass is 10.1. The van der Waals surface area contributed by atoms with E-state index in [4.69, 9.17) is 4.74 Å². The van der Waals surface area contributed by atoms with E-state index in [1.54, 1.807) is 13.8 Å². The number of anilines is 2. The first-order valence-corrected chi connectivity index (χ1v) is 9.06. The quantitative estimate of drug-likeness (QED) is 0.565. The smallest absolute Gasteiger partial charge is 0.341 e. The molecule has 0 fully saturated rings. The molecule has 2 aromatic rings. The summed E-state index contributed by atoms with van der Waals surface area (Å²) in [5, 5.41) is 5.31. The van der Waals surface area contributed by atoms with Gasteiger partial charge in [-0.3, -0.25) is 14.4 Å². The minimum Gasteiger partial charge on any atom is -0.454 e. The van der Waals surface area contributed by atoms with Crippen molar-refractivity contribution in [1.29, 1.82) is 0 Å². The van der Waals surface area contributed by atoms with Gasteiger partial charge < -0.3 is 15.4 Å². The molecular formula is C19H19FN2O5S. The van der Waals surface area contributed by atoms with Gasteiger partial charge in [-0.05, 0) is 37.6 Å². The molecule has 2 N–H and O–H groups in total. The van der Waals surface area contributed by atoms with Gasteiger partial charge in [0.2, 0.25) is 17.6 Å². The van der Waals surface area contributed by atoms with Gasteiger partial charge in [0.05, 0.1) is 11.1 Å². The summed E-state index contributed by atoms with van der Waals surface area (Å²) in [6.45, 7) is 5.43. The fourth-order valence-corrected chi connectivity index (χ4v) is 3.52. The van der Waals surface area contributed by atoms with Crippen LogP contribution in [0.25, 0.3) is 0 Å². The molecule has 0 aliphatic rings. The minimum absolute atomic E-state index is 0.173. The van der Waals surface area contributed by atoms with Crippen LogP contribution in [0.4, 0.5) is 15.1 Å². The van der Waals surface area contributed by atoms with Crippen molar-refractivity contribution in [1.82, 2.24) is 0 Å². The third kappa shape index (κ3) is 5.01. The fraction of sp³-hybridized carbons (Fsp3) is 0.263. The van der Waals surface area contributed by atoms with Gasteiger partial charge in [-0.15, -0.1) is 11.3 Å². The van der Waals surface area contributed by atoms with Crippen molar-refractivity contribution in [3.63, 3.8) is 0 Å². The molecule has 2 rings (SSSR count). The van der Waals surface area contributed by atoms with Crippen LogP contribution in [-0.4, -0.2) is 30.2 Å². The molecule has 0 atom stereocenters. The highest BCUT2D eigenvalue weighted by molar-refractivity contribution is 7.16. The van der Waals surface area contributed by atoms with Crippen molar-refractivity contribution in [3.8, 4) is 0 Å². The van der Waals surface area contributed by atoms with E-state index in [-0.39, 0.29) is 28.6 Å². The van der Waals surface area contributed by atoms with E-state index in [2.05, 4.69) is 10.6 Å². The molecule has 0 bridgehead atoms. The number of carbonyl (C=O) groups excluding carboxylic acids is 4. The van der Waals surface area contributed by atoms with Crippen LogP contribution < -0.4 is 10.6 Å². The molecule has 1 aromatic heterocycles. The van der Waals surface area contributed by atoms with E-state index in [0.29, 0.717) is 10.6 Å². The number of carbonyl (C=O) groups is 4. The Morgan fingerprint density at radius 1 is 1.07 bits per heavy atom. The predicted octanol–water partition coefficient (Wildman–Crippen LogP) is 3.46. The van der Waals surface area contributed by atoms with Crippen molar-refractivity contribution in [2.75, 3.05) is 17.2 Å². The largest absolute Gasteiger partial charge is 0.454 e. The second-order valence-corrected chi connectivity index (χ2v) is 7.27. The van der Waals surface area contributed by atoms with Crippen molar-refractivity contribution >= 4 is 45.6 Å². The number of nitrogens with one attached hydrogen (secondary N) is 2. The number of rotatable bonds is 6. The SMILES string of the molecule is CC(=O)Nc1ccc(C(=O)COC(=O)c2c(NC(C)=O)sc(C)c2C)c(F)c1. The number of aryl methyl sites for hydroxylation is 1. The van der Waals surface area contributed by atoms with Gasteiger partial charge in [-0.1, -0.05) is 0 Å². The Bertz CT molecular complexity index is 967. The van der Waals surface area contributed by atoms with E-state index >= 15 is 0 Å². The maximum atomic E-state index is 14.1. The molecule has 2 amide bonds. The molecule has 0 saturated carbocycles. The lowest BCUT2D eigenvalue weighted by Gasteiger charge is -2.08. The molecule has 0 saturated heterocycles. The molecule has 1 aromatic carbocycles. The third-order valence-corrected chi connectivity index (χ3v) is 4.93. The zero-order valence-corrected chi connectivity index (χ0v) is 16.6. The maximum absolute atomic E-state index is 14.1. The summed E-state index contributed by atoms with van der Waals surface area (Å²) < 4.78 is 19.2. The summed E-state index contributed by atoms with van der Waals surface area (Å²) in [5.41, 5.74) is 0.758. The molecule has 1 heterocycles. The van der Waals surface area contributed by atoms with Crippen LogP contribution in [-0.2, 0) is 14.3 Å². The number of halogens is 1. The molecule has 148 valence electrons. The molecular weight excluding hydrogens is 387 g/mol. The monoisotopic (exact) mass is 406 g/mol. The van der Waals surface area contributed by atoms with E-state index in [9.17, 15) is 23.6 Å². The predicted molar refractivity (Wildman–Crippen MR) is 103 cm³/mol. The summed E-state index contributed by atoms with van der Waals surface area (Å²) in [5.74, 6) is -3.06. The highest BCUT2D eigenvalue weighted by Crippen LogP contribution is 2.33. The number of Topliss-reactive ketones (excluding diaryl/α,β-unsaturated/α-hetero) is 1. The Balaban J connectivity index is 2.12. The molecule has 7 nitrogen and oxygen atoms in total. The highest BCUT2D eigenvalue weighted by Gasteiger charge is 2.23. The summed E-state index contributed by atoms with van der Waals surface area (Å²) in [6, 6.07) is 3.60. The summed E-state index contributed by atoms with van der Waals surface area (Å²) in [6.07, 6.45) is 0. The second kappa shape index (κ2) is 8.75. The Morgan fingerprint density at radius 2 is 1.71 bits per heavy atom. The van der Waals surface area contributed by atoms with Gasteiger partial charge in [-0.25, -0.2) is 9.18 Å². The Labute approximate surface area is 164 Å². The topological polar surface area (TPSA) is 102 Å². The average Bonchev–Trinajstić information content (AvgIpc) is 2.85. The second-order valence-electron chi connectivity index (χ2n) is 6.04. The first-order chi connectivity index (χ1) is 13.1. The maximum Gasteiger partial charge on any atom is 0.341 e. The normalized spacial score (nSPS) is 10.3. The zero-order valence-electron chi connectivity index (χ0n) is 15.8. The molecule has 0 aliphatic carbocycles. The lowest BCUT2D eigenvalue weighted by molar-refractivity contribution is -0.115. The number of ketones is 1.